The van der Waals surface area contributed by atoms with Gasteiger partial charge in [-0.15, -0.1) is 0 Å². The van der Waals surface area contributed by atoms with Crippen molar-refractivity contribution in [3.05, 3.63) is 96.0 Å². The largest absolute Gasteiger partial charge is 0.329 e. The number of nitrogens with zero attached hydrogens (tertiary/aromatic N) is 3. The van der Waals surface area contributed by atoms with Crippen LogP contribution in [0.25, 0.3) is 11.0 Å². The zero-order valence-electron chi connectivity index (χ0n) is 15.8. The molecule has 2 aromatic carbocycles. The molecule has 0 radical (unpaired) electrons. The number of carbonyl (C=O) groups is 1. The molecule has 1 atom stereocenters. The fraction of sp³-hybridized carbons (Fsp3) is 0.0870. The number of allylic oxidation sites excluding steroid dienone is 1. The summed E-state index contributed by atoms with van der Waals surface area (Å²) in [6.45, 7) is 1.91. The van der Waals surface area contributed by atoms with Crippen molar-refractivity contribution in [3.8, 4) is 0 Å². The predicted octanol–water partition coefficient (Wildman–Crippen LogP) is 4.36. The van der Waals surface area contributed by atoms with E-state index in [9.17, 15) is 4.79 Å². The number of benzene rings is 2. The number of anilines is 2. The summed E-state index contributed by atoms with van der Waals surface area (Å²) in [6.07, 6.45) is 3.50. The topological polar surface area (TPSA) is 71.8 Å². The maximum atomic E-state index is 13.4. The van der Waals surface area contributed by atoms with Gasteiger partial charge in [-0.2, -0.15) is 0 Å². The number of amides is 1. The monoisotopic (exact) mass is 381 g/mol. The van der Waals surface area contributed by atoms with Gasteiger partial charge in [-0.05, 0) is 48.9 Å². The summed E-state index contributed by atoms with van der Waals surface area (Å²) in [7, 11) is 0. The average Bonchev–Trinajstić information content (AvgIpc) is 3.12. The maximum Gasteiger partial charge on any atom is 0.255 e. The first-order chi connectivity index (χ1) is 14.2. The van der Waals surface area contributed by atoms with Crippen LogP contribution in [0.15, 0.2) is 90.4 Å². The van der Waals surface area contributed by atoms with Gasteiger partial charge in [0.1, 0.15) is 0 Å². The molecule has 29 heavy (non-hydrogen) atoms. The highest BCUT2D eigenvalue weighted by atomic mass is 16.1. The first-order valence-corrected chi connectivity index (χ1v) is 9.43. The highest BCUT2D eigenvalue weighted by Crippen LogP contribution is 2.39. The lowest BCUT2D eigenvalue weighted by atomic mass is 9.95. The molecule has 5 rings (SSSR count). The number of aromatic nitrogens is 3. The molecule has 1 amide bonds. The summed E-state index contributed by atoms with van der Waals surface area (Å²) in [5.41, 5.74) is 5.01. The van der Waals surface area contributed by atoms with Crippen LogP contribution in [0.3, 0.4) is 0 Å². The Morgan fingerprint density at radius 2 is 1.72 bits per heavy atom. The number of nitrogens with one attached hydrogen (secondary N) is 2. The summed E-state index contributed by atoms with van der Waals surface area (Å²) in [5.74, 6) is 0.577. The molecule has 1 aliphatic heterocycles. The fourth-order valence-corrected chi connectivity index (χ4v) is 3.84. The number of pyridine rings is 1. The summed E-state index contributed by atoms with van der Waals surface area (Å²) in [5, 5.41) is 6.35. The van der Waals surface area contributed by atoms with E-state index < -0.39 is 0 Å². The van der Waals surface area contributed by atoms with E-state index in [1.165, 1.54) is 0 Å². The van der Waals surface area contributed by atoms with E-state index in [1.54, 1.807) is 12.4 Å². The van der Waals surface area contributed by atoms with Crippen LogP contribution in [0.2, 0.25) is 0 Å². The van der Waals surface area contributed by atoms with Crippen LogP contribution in [0, 0.1) is 0 Å². The molecule has 6 nitrogen and oxygen atoms in total. The third kappa shape index (κ3) is 2.95. The molecule has 3 heterocycles. The van der Waals surface area contributed by atoms with Crippen LogP contribution < -0.4 is 10.6 Å². The van der Waals surface area contributed by atoms with Gasteiger partial charge in [0.15, 0.2) is 0 Å². The Bertz CT molecular complexity index is 1230. The van der Waals surface area contributed by atoms with Gasteiger partial charge in [-0.25, -0.2) is 4.98 Å². The Balaban J connectivity index is 1.67. The van der Waals surface area contributed by atoms with Gasteiger partial charge in [-0.3, -0.25) is 14.3 Å². The zero-order chi connectivity index (χ0) is 19.8. The van der Waals surface area contributed by atoms with E-state index in [-0.39, 0.29) is 11.9 Å². The molecule has 1 aliphatic rings. The van der Waals surface area contributed by atoms with Gasteiger partial charge in [0.25, 0.3) is 5.91 Å². The van der Waals surface area contributed by atoms with Gasteiger partial charge in [0.2, 0.25) is 5.95 Å². The van der Waals surface area contributed by atoms with E-state index in [4.69, 9.17) is 4.98 Å². The molecule has 0 bridgehead atoms. The summed E-state index contributed by atoms with van der Waals surface area (Å²) >= 11 is 0. The normalized spacial score (nSPS) is 15.7. The molecule has 0 aliphatic carbocycles. The molecular formula is C23H19N5O. The Hall–Kier alpha value is -3.93. The molecule has 0 unspecified atom stereocenters. The van der Waals surface area contributed by atoms with E-state index in [0.717, 1.165) is 33.9 Å². The van der Waals surface area contributed by atoms with Gasteiger partial charge in [0.05, 0.1) is 22.6 Å². The number of imidazole rings is 1. The lowest BCUT2D eigenvalue weighted by Gasteiger charge is -2.30. The van der Waals surface area contributed by atoms with Crippen molar-refractivity contribution in [1.82, 2.24) is 14.5 Å². The van der Waals surface area contributed by atoms with Gasteiger partial charge in [0, 0.05) is 23.8 Å². The van der Waals surface area contributed by atoms with E-state index in [2.05, 4.69) is 20.2 Å². The smallest absolute Gasteiger partial charge is 0.255 e. The first kappa shape index (κ1) is 17.2. The van der Waals surface area contributed by atoms with Crippen molar-refractivity contribution in [2.75, 3.05) is 10.6 Å². The number of para-hydroxylation sites is 3. The highest BCUT2D eigenvalue weighted by Gasteiger charge is 2.34. The van der Waals surface area contributed by atoms with Crippen LogP contribution in [0.4, 0.5) is 11.6 Å². The number of carbonyl (C=O) groups excluding carboxylic acids is 1. The summed E-state index contributed by atoms with van der Waals surface area (Å²) < 4.78 is 2.08. The standard InChI is InChI=1S/C23H19N5O/c1-15-20(22(29)26-17-7-3-2-4-8-17)21(16-11-13-24-14-12-16)28-19-10-6-5-9-18(19)27-23(28)25-15/h2-14,21H,1H3,(H,25,27)(H,26,29)/t21-/m1/s1. The molecule has 0 saturated carbocycles. The summed E-state index contributed by atoms with van der Waals surface area (Å²) in [6, 6.07) is 21.0. The fourth-order valence-electron chi connectivity index (χ4n) is 3.84. The van der Waals surface area contributed by atoms with Crippen molar-refractivity contribution in [2.24, 2.45) is 0 Å². The van der Waals surface area contributed by atoms with Crippen LogP contribution in [0.5, 0.6) is 0 Å². The third-order valence-electron chi connectivity index (χ3n) is 5.13. The Labute approximate surface area is 167 Å². The predicted molar refractivity (Wildman–Crippen MR) is 114 cm³/mol. The molecule has 6 heteroatoms. The second-order valence-electron chi connectivity index (χ2n) is 6.96. The molecular weight excluding hydrogens is 362 g/mol. The number of hydrogen-bond acceptors (Lipinski definition) is 4. The highest BCUT2D eigenvalue weighted by molar-refractivity contribution is 6.06. The van der Waals surface area contributed by atoms with Gasteiger partial charge >= 0.3 is 0 Å². The average molecular weight is 381 g/mol. The molecule has 2 aromatic heterocycles. The molecule has 0 saturated heterocycles. The molecule has 142 valence electrons. The maximum absolute atomic E-state index is 13.4. The van der Waals surface area contributed by atoms with E-state index in [1.807, 2.05) is 73.7 Å². The minimum Gasteiger partial charge on any atom is -0.329 e. The minimum absolute atomic E-state index is 0.147. The molecule has 4 aromatic rings. The van der Waals surface area contributed by atoms with Gasteiger partial charge < -0.3 is 10.6 Å². The Morgan fingerprint density at radius 1 is 1.00 bits per heavy atom. The quantitative estimate of drug-likeness (QED) is 0.553. The lowest BCUT2D eigenvalue weighted by molar-refractivity contribution is -0.113. The first-order valence-electron chi connectivity index (χ1n) is 9.43. The van der Waals surface area contributed by atoms with Crippen LogP contribution in [-0.2, 0) is 4.79 Å². The second-order valence-corrected chi connectivity index (χ2v) is 6.96. The molecule has 0 fully saturated rings. The van der Waals surface area contributed by atoms with Crippen LogP contribution in [0.1, 0.15) is 18.5 Å². The zero-order valence-corrected chi connectivity index (χ0v) is 15.8. The van der Waals surface area contributed by atoms with Crippen molar-refractivity contribution < 1.29 is 4.79 Å². The number of hydrogen-bond donors (Lipinski definition) is 2. The van der Waals surface area contributed by atoms with E-state index >= 15 is 0 Å². The third-order valence-corrected chi connectivity index (χ3v) is 5.13. The molecule has 2 N–H and O–H groups in total. The van der Waals surface area contributed by atoms with Crippen molar-refractivity contribution in [3.63, 3.8) is 0 Å². The van der Waals surface area contributed by atoms with E-state index in [0.29, 0.717) is 5.57 Å². The van der Waals surface area contributed by atoms with Crippen molar-refractivity contribution in [1.29, 1.82) is 0 Å². The van der Waals surface area contributed by atoms with Crippen LogP contribution >= 0.6 is 0 Å². The number of fused-ring (bicyclic) bond motifs is 3. The SMILES string of the molecule is CC1=C(C(=O)Nc2ccccc2)[C@@H](c2ccncc2)n2c(nc3ccccc32)N1. The van der Waals surface area contributed by atoms with Crippen molar-refractivity contribution in [2.45, 2.75) is 13.0 Å². The van der Waals surface area contributed by atoms with Gasteiger partial charge in [-0.1, -0.05) is 30.3 Å². The number of rotatable bonds is 3. The molecule has 0 spiro atoms. The summed E-state index contributed by atoms with van der Waals surface area (Å²) in [4.78, 5) is 22.2. The van der Waals surface area contributed by atoms with Crippen LogP contribution in [-0.4, -0.2) is 20.4 Å². The Kier molecular flexibility index (Phi) is 4.09. The Morgan fingerprint density at radius 3 is 2.52 bits per heavy atom. The van der Waals surface area contributed by atoms with Crippen molar-refractivity contribution >= 4 is 28.6 Å². The lowest BCUT2D eigenvalue weighted by Crippen LogP contribution is -2.30. The second kappa shape index (κ2) is 6.91. The minimum atomic E-state index is -0.314.